The first kappa shape index (κ1) is 15.5. The van der Waals surface area contributed by atoms with Crippen molar-refractivity contribution in [3.63, 3.8) is 0 Å². The Balaban J connectivity index is 2.89. The minimum atomic E-state index is -3.59. The van der Waals surface area contributed by atoms with Gasteiger partial charge in [-0.2, -0.15) is 0 Å². The number of nitrogens with zero attached hydrogens (tertiary/aromatic N) is 1. The van der Waals surface area contributed by atoms with E-state index in [0.717, 1.165) is 11.1 Å². The summed E-state index contributed by atoms with van der Waals surface area (Å²) in [6.07, 6.45) is 0.139. The van der Waals surface area contributed by atoms with Crippen LogP contribution in [0.1, 0.15) is 24.5 Å². The van der Waals surface area contributed by atoms with Crippen LogP contribution in [0.5, 0.6) is 0 Å². The Morgan fingerprint density at radius 1 is 1.42 bits per heavy atom. The Morgan fingerprint density at radius 3 is 2.58 bits per heavy atom. The van der Waals surface area contributed by atoms with Crippen LogP contribution < -0.4 is 10.5 Å². The van der Waals surface area contributed by atoms with Crippen molar-refractivity contribution in [3.8, 4) is 0 Å². The molecule has 6 nitrogen and oxygen atoms in total. The monoisotopic (exact) mass is 285 g/mol. The van der Waals surface area contributed by atoms with Gasteiger partial charge < -0.3 is 10.9 Å². The van der Waals surface area contributed by atoms with Crippen LogP contribution in [0.3, 0.4) is 0 Å². The van der Waals surface area contributed by atoms with Crippen molar-refractivity contribution >= 4 is 15.9 Å². The minimum Gasteiger partial charge on any atom is -0.409 e. The number of sulfonamides is 1. The Labute approximate surface area is 113 Å². The van der Waals surface area contributed by atoms with Gasteiger partial charge >= 0.3 is 0 Å². The fourth-order valence-electron chi connectivity index (χ4n) is 1.61. The maximum absolute atomic E-state index is 12.1. The van der Waals surface area contributed by atoms with Gasteiger partial charge in [-0.15, -0.1) is 0 Å². The lowest BCUT2D eigenvalue weighted by Gasteiger charge is -2.14. The second kappa shape index (κ2) is 6.03. The van der Waals surface area contributed by atoms with Gasteiger partial charge in [-0.3, -0.25) is 0 Å². The first-order valence-electron chi connectivity index (χ1n) is 5.82. The van der Waals surface area contributed by atoms with E-state index in [2.05, 4.69) is 9.88 Å². The van der Waals surface area contributed by atoms with Crippen molar-refractivity contribution in [2.24, 2.45) is 10.9 Å². The molecule has 7 heteroatoms. The molecule has 1 rings (SSSR count). The lowest BCUT2D eigenvalue weighted by molar-refractivity contribution is 0.316. The molecule has 0 saturated heterocycles. The molecule has 1 aromatic carbocycles. The lowest BCUT2D eigenvalue weighted by Crippen LogP contribution is -2.35. The number of amidine groups is 1. The molecule has 1 unspecified atom stereocenters. The highest BCUT2D eigenvalue weighted by Gasteiger charge is 2.18. The molecule has 0 aromatic heterocycles. The number of aryl methyl sites for hydroxylation is 2. The third-order valence-corrected chi connectivity index (χ3v) is 4.38. The summed E-state index contributed by atoms with van der Waals surface area (Å²) in [5, 5.41) is 11.3. The van der Waals surface area contributed by atoms with Crippen LogP contribution in [0.25, 0.3) is 0 Å². The van der Waals surface area contributed by atoms with Crippen molar-refractivity contribution in [2.45, 2.75) is 38.1 Å². The van der Waals surface area contributed by atoms with E-state index in [9.17, 15) is 8.42 Å². The zero-order chi connectivity index (χ0) is 14.6. The topological polar surface area (TPSA) is 105 Å². The third-order valence-electron chi connectivity index (χ3n) is 2.79. The van der Waals surface area contributed by atoms with Gasteiger partial charge in [-0.1, -0.05) is 11.2 Å². The quantitative estimate of drug-likeness (QED) is 0.326. The van der Waals surface area contributed by atoms with Gasteiger partial charge in [-0.25, -0.2) is 13.1 Å². The number of oxime groups is 1. The van der Waals surface area contributed by atoms with E-state index in [-0.39, 0.29) is 17.2 Å². The van der Waals surface area contributed by atoms with Crippen molar-refractivity contribution < 1.29 is 13.6 Å². The summed E-state index contributed by atoms with van der Waals surface area (Å²) in [5.74, 6) is -0.0183. The SMILES string of the molecule is Cc1ccc(S(=O)(=O)NC(C)CC(N)=NO)cc1C. The van der Waals surface area contributed by atoms with Crippen molar-refractivity contribution in [3.05, 3.63) is 29.3 Å². The average molecular weight is 285 g/mol. The average Bonchev–Trinajstić information content (AvgIpc) is 2.31. The molecular formula is C12H19N3O3S. The van der Waals surface area contributed by atoms with E-state index >= 15 is 0 Å². The van der Waals surface area contributed by atoms with Crippen LogP contribution in [0.2, 0.25) is 0 Å². The van der Waals surface area contributed by atoms with Crippen LogP contribution in [0.15, 0.2) is 28.3 Å². The van der Waals surface area contributed by atoms with Crippen molar-refractivity contribution in [1.82, 2.24) is 4.72 Å². The fourth-order valence-corrected chi connectivity index (χ4v) is 2.94. The standard InChI is InChI=1S/C12H19N3O3S/c1-8-4-5-11(6-9(8)2)19(17,18)15-10(3)7-12(13)14-16/h4-6,10,15-16H,7H2,1-3H3,(H2,13,14). The van der Waals surface area contributed by atoms with Crippen LogP contribution >= 0.6 is 0 Å². The molecule has 19 heavy (non-hydrogen) atoms. The van der Waals surface area contributed by atoms with Gasteiger partial charge in [0.1, 0.15) is 5.84 Å². The Bertz CT molecular complexity index is 582. The highest BCUT2D eigenvalue weighted by Crippen LogP contribution is 2.15. The molecule has 0 amide bonds. The smallest absolute Gasteiger partial charge is 0.240 e. The highest BCUT2D eigenvalue weighted by atomic mass is 32.2. The van der Waals surface area contributed by atoms with Gasteiger partial charge in [0.05, 0.1) is 4.90 Å². The normalized spacial score (nSPS) is 14.4. The summed E-state index contributed by atoms with van der Waals surface area (Å²) in [5.41, 5.74) is 7.28. The van der Waals surface area contributed by atoms with Crippen molar-refractivity contribution in [1.29, 1.82) is 0 Å². The van der Waals surface area contributed by atoms with E-state index in [1.54, 1.807) is 25.1 Å². The van der Waals surface area contributed by atoms with Crippen LogP contribution in [0, 0.1) is 13.8 Å². The van der Waals surface area contributed by atoms with E-state index in [4.69, 9.17) is 10.9 Å². The summed E-state index contributed by atoms with van der Waals surface area (Å²) in [6, 6.07) is 4.48. The number of hydrogen-bond donors (Lipinski definition) is 3. The Morgan fingerprint density at radius 2 is 2.05 bits per heavy atom. The third kappa shape index (κ3) is 4.22. The summed E-state index contributed by atoms with van der Waals surface area (Å²) in [7, 11) is -3.59. The zero-order valence-corrected chi connectivity index (χ0v) is 12.0. The summed E-state index contributed by atoms with van der Waals surface area (Å²) >= 11 is 0. The van der Waals surface area contributed by atoms with Gasteiger partial charge in [0.15, 0.2) is 0 Å². The van der Waals surface area contributed by atoms with Gasteiger partial charge in [0.25, 0.3) is 0 Å². The molecule has 0 spiro atoms. The molecular weight excluding hydrogens is 266 g/mol. The molecule has 0 aliphatic heterocycles. The number of nitrogens with two attached hydrogens (primary N) is 1. The molecule has 0 heterocycles. The van der Waals surface area contributed by atoms with Crippen LogP contribution in [0.4, 0.5) is 0 Å². The molecule has 0 radical (unpaired) electrons. The number of rotatable bonds is 5. The number of nitrogens with one attached hydrogen (secondary N) is 1. The number of benzene rings is 1. The van der Waals surface area contributed by atoms with Gasteiger partial charge in [0.2, 0.25) is 10.0 Å². The Hall–Kier alpha value is -1.60. The zero-order valence-electron chi connectivity index (χ0n) is 11.2. The van der Waals surface area contributed by atoms with E-state index in [1.165, 1.54) is 0 Å². The predicted molar refractivity (Wildman–Crippen MR) is 73.7 cm³/mol. The van der Waals surface area contributed by atoms with E-state index < -0.39 is 16.1 Å². The first-order valence-corrected chi connectivity index (χ1v) is 7.30. The maximum Gasteiger partial charge on any atom is 0.240 e. The molecule has 0 saturated carbocycles. The second-order valence-electron chi connectivity index (χ2n) is 4.56. The Kier molecular flexibility index (Phi) is 4.90. The van der Waals surface area contributed by atoms with Gasteiger partial charge in [-0.05, 0) is 44.0 Å². The lowest BCUT2D eigenvalue weighted by atomic mass is 10.1. The summed E-state index contributed by atoms with van der Waals surface area (Å²) in [4.78, 5) is 0.210. The molecule has 0 fully saturated rings. The molecule has 0 aliphatic rings. The molecule has 4 N–H and O–H groups in total. The first-order chi connectivity index (χ1) is 8.76. The summed E-state index contributed by atoms with van der Waals surface area (Å²) in [6.45, 7) is 5.42. The fraction of sp³-hybridized carbons (Fsp3) is 0.417. The largest absolute Gasteiger partial charge is 0.409 e. The van der Waals surface area contributed by atoms with Crippen LogP contribution in [-0.4, -0.2) is 25.5 Å². The van der Waals surface area contributed by atoms with E-state index in [1.807, 2.05) is 13.8 Å². The molecule has 1 aromatic rings. The molecule has 0 aliphatic carbocycles. The number of hydrogen-bond acceptors (Lipinski definition) is 4. The van der Waals surface area contributed by atoms with E-state index in [0.29, 0.717) is 0 Å². The summed E-state index contributed by atoms with van der Waals surface area (Å²) < 4.78 is 26.7. The second-order valence-corrected chi connectivity index (χ2v) is 6.28. The highest BCUT2D eigenvalue weighted by molar-refractivity contribution is 7.89. The van der Waals surface area contributed by atoms with Crippen LogP contribution in [-0.2, 0) is 10.0 Å². The minimum absolute atomic E-state index is 0.0183. The molecule has 1 atom stereocenters. The predicted octanol–water partition coefficient (Wildman–Crippen LogP) is 1.11. The van der Waals surface area contributed by atoms with Crippen molar-refractivity contribution in [2.75, 3.05) is 0 Å². The maximum atomic E-state index is 12.1. The molecule has 0 bridgehead atoms. The van der Waals surface area contributed by atoms with Gasteiger partial charge in [0, 0.05) is 12.5 Å². The molecule has 106 valence electrons.